The quantitative estimate of drug-likeness (QED) is 0.528. The Bertz CT molecular complexity index is 429. The van der Waals surface area contributed by atoms with Crippen LogP contribution in [0, 0.1) is 16.7 Å². The zero-order valence-corrected chi connectivity index (χ0v) is 13.5. The molecule has 0 amide bonds. The van der Waals surface area contributed by atoms with Gasteiger partial charge in [-0.25, -0.2) is 0 Å². The van der Waals surface area contributed by atoms with Gasteiger partial charge in [0, 0.05) is 0 Å². The van der Waals surface area contributed by atoms with E-state index in [9.17, 15) is 0 Å². The van der Waals surface area contributed by atoms with Crippen LogP contribution in [0.4, 0.5) is 0 Å². The molecule has 2 rings (SSSR count). The van der Waals surface area contributed by atoms with Crippen molar-refractivity contribution in [2.45, 2.75) is 66.7 Å². The highest BCUT2D eigenvalue weighted by Gasteiger charge is 2.47. The predicted octanol–water partition coefficient (Wildman–Crippen LogP) is 6.06. The van der Waals surface area contributed by atoms with Crippen molar-refractivity contribution >= 4 is 0 Å². The van der Waals surface area contributed by atoms with Gasteiger partial charge in [-0.2, -0.15) is 0 Å². The van der Waals surface area contributed by atoms with E-state index < -0.39 is 0 Å². The molecule has 0 aromatic carbocycles. The van der Waals surface area contributed by atoms with Crippen molar-refractivity contribution in [3.05, 3.63) is 35.5 Å². The number of hydrogen-bond donors (Lipinski definition) is 0. The summed E-state index contributed by atoms with van der Waals surface area (Å²) in [7, 11) is 0. The average molecular weight is 258 g/mol. The molecule has 2 aliphatic carbocycles. The van der Waals surface area contributed by atoms with Crippen LogP contribution in [-0.4, -0.2) is 0 Å². The van der Waals surface area contributed by atoms with Gasteiger partial charge in [-0.15, -0.1) is 6.58 Å². The highest BCUT2D eigenvalue weighted by atomic mass is 14.5. The van der Waals surface area contributed by atoms with Crippen molar-refractivity contribution in [2.75, 3.05) is 0 Å². The van der Waals surface area contributed by atoms with Gasteiger partial charge < -0.3 is 0 Å². The lowest BCUT2D eigenvalue weighted by Crippen LogP contribution is -2.42. The molecule has 2 atom stereocenters. The summed E-state index contributed by atoms with van der Waals surface area (Å²) < 4.78 is 0. The van der Waals surface area contributed by atoms with E-state index in [1.807, 2.05) is 0 Å². The highest BCUT2D eigenvalue weighted by Crippen LogP contribution is 2.59. The Morgan fingerprint density at radius 1 is 1.32 bits per heavy atom. The third kappa shape index (κ3) is 2.47. The van der Waals surface area contributed by atoms with Gasteiger partial charge in [-0.3, -0.25) is 0 Å². The van der Waals surface area contributed by atoms with E-state index in [1.54, 1.807) is 11.1 Å². The summed E-state index contributed by atoms with van der Waals surface area (Å²) in [6, 6.07) is 0. The number of rotatable bonds is 2. The summed E-state index contributed by atoms with van der Waals surface area (Å²) in [5.74, 6) is 0.745. The number of allylic oxidation sites excluding steroid dienone is 5. The van der Waals surface area contributed by atoms with Crippen molar-refractivity contribution in [1.29, 1.82) is 0 Å². The molecule has 0 aromatic heterocycles. The van der Waals surface area contributed by atoms with E-state index in [4.69, 9.17) is 0 Å². The molecule has 0 bridgehead atoms. The van der Waals surface area contributed by atoms with E-state index in [1.165, 1.54) is 31.3 Å². The Morgan fingerprint density at radius 2 is 2.00 bits per heavy atom. The van der Waals surface area contributed by atoms with Crippen molar-refractivity contribution in [1.82, 2.24) is 0 Å². The van der Waals surface area contributed by atoms with Crippen molar-refractivity contribution in [3.8, 4) is 0 Å². The van der Waals surface area contributed by atoms with Gasteiger partial charge in [0.25, 0.3) is 0 Å². The molecular formula is C19H30. The summed E-state index contributed by atoms with van der Waals surface area (Å²) in [5.41, 5.74) is 5.54. The molecule has 1 saturated carbocycles. The standard InChI is InChI=1S/C19H30/c1-7-9-16-12-15(14(2)3)13-17-18(4,5)10-8-11-19(16,17)6/h7,13,16H,1,8-12H2,2-6H3/t16-,19+/m0/s1. The van der Waals surface area contributed by atoms with Gasteiger partial charge >= 0.3 is 0 Å². The topological polar surface area (TPSA) is 0 Å². The summed E-state index contributed by atoms with van der Waals surface area (Å²) in [5, 5.41) is 0. The van der Waals surface area contributed by atoms with Crippen molar-refractivity contribution < 1.29 is 0 Å². The van der Waals surface area contributed by atoms with Crippen LogP contribution in [0.5, 0.6) is 0 Å². The van der Waals surface area contributed by atoms with Crippen LogP contribution < -0.4 is 0 Å². The molecule has 19 heavy (non-hydrogen) atoms. The largest absolute Gasteiger partial charge is 0.103 e. The normalized spacial score (nSPS) is 33.4. The van der Waals surface area contributed by atoms with E-state index in [-0.39, 0.29) is 0 Å². The van der Waals surface area contributed by atoms with Crippen LogP contribution in [0.25, 0.3) is 0 Å². The average Bonchev–Trinajstić information content (AvgIpc) is 2.30. The molecular weight excluding hydrogens is 228 g/mol. The van der Waals surface area contributed by atoms with Gasteiger partial charge in [0.2, 0.25) is 0 Å². The minimum atomic E-state index is 0.369. The second-order valence-corrected chi connectivity index (χ2v) is 7.66. The minimum absolute atomic E-state index is 0.369. The molecule has 0 unspecified atom stereocenters. The lowest BCUT2D eigenvalue weighted by molar-refractivity contribution is 0.119. The number of hydrogen-bond acceptors (Lipinski definition) is 0. The lowest BCUT2D eigenvalue weighted by Gasteiger charge is -2.53. The predicted molar refractivity (Wildman–Crippen MR) is 85.1 cm³/mol. The molecule has 106 valence electrons. The fourth-order valence-electron chi connectivity index (χ4n) is 4.34. The lowest BCUT2D eigenvalue weighted by atomic mass is 9.52. The minimum Gasteiger partial charge on any atom is -0.103 e. The van der Waals surface area contributed by atoms with Gasteiger partial charge in [0.1, 0.15) is 0 Å². The maximum absolute atomic E-state index is 3.99. The maximum atomic E-state index is 3.99. The monoisotopic (exact) mass is 258 g/mol. The fraction of sp³-hybridized carbons (Fsp3) is 0.684. The molecule has 0 heteroatoms. The smallest absolute Gasteiger partial charge is 0.00734 e. The second kappa shape index (κ2) is 4.96. The first-order valence-corrected chi connectivity index (χ1v) is 7.81. The molecule has 0 saturated heterocycles. The fourth-order valence-corrected chi connectivity index (χ4v) is 4.34. The second-order valence-electron chi connectivity index (χ2n) is 7.66. The molecule has 0 radical (unpaired) electrons. The van der Waals surface area contributed by atoms with Gasteiger partial charge in [-0.05, 0) is 61.9 Å². The molecule has 1 fully saturated rings. The molecule has 2 aliphatic rings. The Labute approximate surface area is 119 Å². The third-order valence-electron chi connectivity index (χ3n) is 5.62. The van der Waals surface area contributed by atoms with Crippen LogP contribution in [-0.2, 0) is 0 Å². The molecule has 0 heterocycles. The van der Waals surface area contributed by atoms with E-state index in [2.05, 4.69) is 53.3 Å². The van der Waals surface area contributed by atoms with Crippen LogP contribution >= 0.6 is 0 Å². The van der Waals surface area contributed by atoms with Gasteiger partial charge in [-0.1, -0.05) is 50.5 Å². The van der Waals surface area contributed by atoms with E-state index in [0.717, 1.165) is 12.3 Å². The summed E-state index contributed by atoms with van der Waals surface area (Å²) >= 11 is 0. The highest BCUT2D eigenvalue weighted by molar-refractivity contribution is 5.39. The van der Waals surface area contributed by atoms with Crippen LogP contribution in [0.1, 0.15) is 66.7 Å². The summed E-state index contributed by atoms with van der Waals surface area (Å²) in [6.07, 6.45) is 11.1. The molecule has 0 spiro atoms. The molecule has 0 aromatic rings. The first kappa shape index (κ1) is 14.6. The van der Waals surface area contributed by atoms with E-state index >= 15 is 0 Å². The Hall–Kier alpha value is -0.780. The zero-order valence-electron chi connectivity index (χ0n) is 13.5. The van der Waals surface area contributed by atoms with Crippen LogP contribution in [0.15, 0.2) is 35.5 Å². The van der Waals surface area contributed by atoms with Crippen LogP contribution in [0.2, 0.25) is 0 Å². The SMILES string of the molecule is C=CC[C@H]1CC(=C(C)C)C=C2C(C)(C)CCC[C@@]21C. The van der Waals surface area contributed by atoms with Crippen molar-refractivity contribution in [2.24, 2.45) is 16.7 Å². The first-order valence-electron chi connectivity index (χ1n) is 7.81. The summed E-state index contributed by atoms with van der Waals surface area (Å²) in [4.78, 5) is 0. The Balaban J connectivity index is 2.53. The molecule has 0 N–H and O–H groups in total. The Morgan fingerprint density at radius 3 is 2.58 bits per heavy atom. The van der Waals surface area contributed by atoms with Crippen LogP contribution in [0.3, 0.4) is 0 Å². The van der Waals surface area contributed by atoms with Gasteiger partial charge in [0.15, 0.2) is 0 Å². The third-order valence-corrected chi connectivity index (χ3v) is 5.62. The molecule has 0 aliphatic heterocycles. The van der Waals surface area contributed by atoms with E-state index in [0.29, 0.717) is 10.8 Å². The first-order chi connectivity index (χ1) is 8.81. The van der Waals surface area contributed by atoms with Crippen molar-refractivity contribution in [3.63, 3.8) is 0 Å². The summed E-state index contributed by atoms with van der Waals surface area (Å²) in [6.45, 7) is 15.9. The number of fused-ring (bicyclic) bond motifs is 1. The van der Waals surface area contributed by atoms with Gasteiger partial charge in [0.05, 0.1) is 0 Å². The molecule has 0 nitrogen and oxygen atoms in total. The zero-order chi connectivity index (χ0) is 14.3. The Kier molecular flexibility index (Phi) is 3.82. The maximum Gasteiger partial charge on any atom is -0.00734 e.